The molecular formula is C18H23FN2O2. The maximum absolute atomic E-state index is 13.9. The maximum atomic E-state index is 13.9. The van der Waals surface area contributed by atoms with E-state index in [1.54, 1.807) is 17.0 Å². The number of carbonyl (C=O) groups is 1. The molecule has 1 aromatic carbocycles. The quantitative estimate of drug-likeness (QED) is 0.794. The Kier molecular flexibility index (Phi) is 4.78. The molecule has 4 nitrogen and oxygen atoms in total. The van der Waals surface area contributed by atoms with Gasteiger partial charge in [-0.05, 0) is 11.6 Å². The van der Waals surface area contributed by atoms with Gasteiger partial charge in [0.25, 0.3) is 0 Å². The van der Waals surface area contributed by atoms with Crippen molar-refractivity contribution in [1.29, 1.82) is 0 Å². The van der Waals surface area contributed by atoms with E-state index in [4.69, 9.17) is 4.74 Å². The number of hydrogen-bond acceptors (Lipinski definition) is 3. The zero-order chi connectivity index (χ0) is 16.3. The van der Waals surface area contributed by atoms with Gasteiger partial charge in [0.15, 0.2) is 0 Å². The zero-order valence-electron chi connectivity index (χ0n) is 13.5. The van der Waals surface area contributed by atoms with Crippen LogP contribution in [0.15, 0.2) is 36.4 Å². The van der Waals surface area contributed by atoms with Crippen LogP contribution in [0, 0.1) is 5.82 Å². The fraction of sp³-hybridized carbons (Fsp3) is 0.500. The average molecular weight is 318 g/mol. The predicted octanol–water partition coefficient (Wildman–Crippen LogP) is 1.81. The number of rotatable bonds is 4. The van der Waals surface area contributed by atoms with Crippen LogP contribution in [0.4, 0.5) is 4.39 Å². The molecule has 5 heteroatoms. The molecular weight excluding hydrogens is 295 g/mol. The molecule has 2 saturated heterocycles. The van der Waals surface area contributed by atoms with Gasteiger partial charge in [0, 0.05) is 44.2 Å². The molecule has 124 valence electrons. The van der Waals surface area contributed by atoms with Crippen LogP contribution in [-0.4, -0.2) is 61.6 Å². The fourth-order valence-corrected chi connectivity index (χ4v) is 3.26. The highest BCUT2D eigenvalue weighted by atomic mass is 19.1. The van der Waals surface area contributed by atoms with E-state index in [1.807, 2.05) is 25.1 Å². The number of hydrogen-bond donors (Lipinski definition) is 0. The van der Waals surface area contributed by atoms with Gasteiger partial charge in [-0.3, -0.25) is 9.69 Å². The molecule has 0 atom stereocenters. The van der Waals surface area contributed by atoms with Crippen molar-refractivity contribution in [2.75, 3.05) is 45.9 Å². The highest BCUT2D eigenvalue weighted by Crippen LogP contribution is 2.35. The smallest absolute Gasteiger partial charge is 0.246 e. The molecule has 2 aliphatic heterocycles. The summed E-state index contributed by atoms with van der Waals surface area (Å²) >= 11 is 0. The first kappa shape index (κ1) is 16.1. The summed E-state index contributed by atoms with van der Waals surface area (Å²) in [6, 6.07) is 6.83. The second-order valence-electron chi connectivity index (χ2n) is 6.55. The average Bonchev–Trinajstić information content (AvgIpc) is 2.53. The van der Waals surface area contributed by atoms with Crippen LogP contribution < -0.4 is 0 Å². The van der Waals surface area contributed by atoms with E-state index >= 15 is 0 Å². The Labute approximate surface area is 136 Å². The number of halogens is 1. The minimum atomic E-state index is -0.279. The molecule has 0 saturated carbocycles. The topological polar surface area (TPSA) is 32.8 Å². The van der Waals surface area contributed by atoms with Crippen LogP contribution in [-0.2, 0) is 14.9 Å². The molecule has 0 N–H and O–H groups in total. The molecule has 0 spiro atoms. The molecule has 1 amide bonds. The standard InChI is InChI=1S/C18H23FN2O2/c1-18(15-5-2-3-6-16(15)19)13-21(14-18)17(22)7-4-8-20-9-11-23-12-10-20/h2-7H,8-14H2,1H3/b7-4+. The maximum Gasteiger partial charge on any atom is 0.246 e. The third kappa shape index (κ3) is 3.62. The fourth-order valence-electron chi connectivity index (χ4n) is 3.26. The zero-order valence-corrected chi connectivity index (χ0v) is 13.5. The van der Waals surface area contributed by atoms with Gasteiger partial charge in [0.05, 0.1) is 13.2 Å². The summed E-state index contributed by atoms with van der Waals surface area (Å²) in [6.07, 6.45) is 3.54. The molecule has 3 rings (SSSR count). The lowest BCUT2D eigenvalue weighted by Gasteiger charge is -2.48. The van der Waals surface area contributed by atoms with E-state index in [0.717, 1.165) is 32.8 Å². The Morgan fingerprint density at radius 2 is 2.00 bits per heavy atom. The monoisotopic (exact) mass is 318 g/mol. The van der Waals surface area contributed by atoms with Gasteiger partial charge >= 0.3 is 0 Å². The van der Waals surface area contributed by atoms with Gasteiger partial charge in [-0.15, -0.1) is 0 Å². The number of likely N-dealkylation sites (tertiary alicyclic amines) is 1. The van der Waals surface area contributed by atoms with Gasteiger partial charge in [0.1, 0.15) is 5.82 Å². The number of morpholine rings is 1. The van der Waals surface area contributed by atoms with Gasteiger partial charge in [-0.25, -0.2) is 4.39 Å². The number of nitrogens with zero attached hydrogens (tertiary/aromatic N) is 2. The molecule has 2 heterocycles. The van der Waals surface area contributed by atoms with Crippen LogP contribution in [0.3, 0.4) is 0 Å². The van der Waals surface area contributed by atoms with Crippen LogP contribution >= 0.6 is 0 Å². The van der Waals surface area contributed by atoms with E-state index < -0.39 is 0 Å². The molecule has 2 fully saturated rings. The SMILES string of the molecule is CC1(c2ccccc2F)CN(C(=O)/C=C/CN2CCOCC2)C1. The summed E-state index contributed by atoms with van der Waals surface area (Å²) in [7, 11) is 0. The normalized spacial score (nSPS) is 21.4. The van der Waals surface area contributed by atoms with Crippen molar-refractivity contribution in [3.05, 3.63) is 47.8 Å². The lowest BCUT2D eigenvalue weighted by molar-refractivity contribution is -0.133. The Morgan fingerprint density at radius 1 is 1.30 bits per heavy atom. The van der Waals surface area contributed by atoms with Gasteiger partial charge in [-0.1, -0.05) is 31.2 Å². The molecule has 0 aliphatic carbocycles. The number of benzene rings is 1. The van der Waals surface area contributed by atoms with E-state index in [1.165, 1.54) is 6.07 Å². The molecule has 0 unspecified atom stereocenters. The summed E-state index contributed by atoms with van der Waals surface area (Å²) in [5, 5.41) is 0. The number of amides is 1. The lowest BCUT2D eigenvalue weighted by Crippen LogP contribution is -2.59. The van der Waals surface area contributed by atoms with Crippen molar-refractivity contribution in [2.24, 2.45) is 0 Å². The third-order valence-corrected chi connectivity index (χ3v) is 4.64. The largest absolute Gasteiger partial charge is 0.379 e. The Bertz CT molecular complexity index is 590. The van der Waals surface area contributed by atoms with Crippen molar-refractivity contribution in [3.63, 3.8) is 0 Å². The van der Waals surface area contributed by atoms with Crippen LogP contribution in [0.5, 0.6) is 0 Å². The van der Waals surface area contributed by atoms with Crippen molar-refractivity contribution >= 4 is 5.91 Å². The Hall–Kier alpha value is -1.72. The van der Waals surface area contributed by atoms with Crippen LogP contribution in [0.1, 0.15) is 12.5 Å². The number of ether oxygens (including phenoxy) is 1. The van der Waals surface area contributed by atoms with E-state index in [-0.39, 0.29) is 17.1 Å². The van der Waals surface area contributed by atoms with Crippen molar-refractivity contribution < 1.29 is 13.9 Å². The molecule has 2 aliphatic rings. The summed E-state index contributed by atoms with van der Waals surface area (Å²) < 4.78 is 19.2. The second kappa shape index (κ2) is 6.81. The van der Waals surface area contributed by atoms with E-state index in [9.17, 15) is 9.18 Å². The highest BCUT2D eigenvalue weighted by molar-refractivity contribution is 5.88. The van der Waals surface area contributed by atoms with Crippen LogP contribution in [0.2, 0.25) is 0 Å². The molecule has 0 radical (unpaired) electrons. The van der Waals surface area contributed by atoms with Gasteiger partial charge in [-0.2, -0.15) is 0 Å². The Morgan fingerprint density at radius 3 is 2.70 bits per heavy atom. The second-order valence-corrected chi connectivity index (χ2v) is 6.55. The first-order chi connectivity index (χ1) is 11.1. The van der Waals surface area contributed by atoms with Crippen molar-refractivity contribution in [1.82, 2.24) is 9.80 Å². The van der Waals surface area contributed by atoms with E-state index in [2.05, 4.69) is 4.90 Å². The first-order valence-electron chi connectivity index (χ1n) is 8.09. The lowest BCUT2D eigenvalue weighted by atomic mass is 9.75. The molecule has 23 heavy (non-hydrogen) atoms. The van der Waals surface area contributed by atoms with Crippen molar-refractivity contribution in [3.8, 4) is 0 Å². The van der Waals surface area contributed by atoms with Crippen molar-refractivity contribution in [2.45, 2.75) is 12.3 Å². The summed E-state index contributed by atoms with van der Waals surface area (Å²) in [4.78, 5) is 16.2. The van der Waals surface area contributed by atoms with E-state index in [0.29, 0.717) is 18.7 Å². The van der Waals surface area contributed by atoms with Gasteiger partial charge in [0.2, 0.25) is 5.91 Å². The molecule has 0 bridgehead atoms. The number of carbonyl (C=O) groups excluding carboxylic acids is 1. The minimum Gasteiger partial charge on any atom is -0.379 e. The summed E-state index contributed by atoms with van der Waals surface area (Å²) in [6.45, 7) is 7.24. The highest BCUT2D eigenvalue weighted by Gasteiger charge is 2.43. The summed E-state index contributed by atoms with van der Waals surface area (Å²) in [5.41, 5.74) is 0.417. The Balaban J connectivity index is 1.50. The van der Waals surface area contributed by atoms with Crippen LogP contribution in [0.25, 0.3) is 0 Å². The minimum absolute atomic E-state index is 0.00655. The predicted molar refractivity (Wildman–Crippen MR) is 86.7 cm³/mol. The summed E-state index contributed by atoms with van der Waals surface area (Å²) in [5.74, 6) is -0.183. The van der Waals surface area contributed by atoms with Gasteiger partial charge < -0.3 is 9.64 Å². The molecule has 1 aromatic rings. The molecule has 0 aromatic heterocycles. The third-order valence-electron chi connectivity index (χ3n) is 4.64. The first-order valence-corrected chi connectivity index (χ1v) is 8.09.